The fourth-order valence-corrected chi connectivity index (χ4v) is 2.44. The van der Waals surface area contributed by atoms with Crippen LogP contribution in [0.1, 0.15) is 33.3 Å². The number of nitrogens with zero attached hydrogens (tertiary/aromatic N) is 1. The second-order valence-electron chi connectivity index (χ2n) is 6.71. The number of hydrogen-bond acceptors (Lipinski definition) is 3. The Morgan fingerprint density at radius 2 is 1.78 bits per heavy atom. The maximum Gasteiger partial charge on any atom is 0.227 e. The molecule has 23 heavy (non-hydrogen) atoms. The van der Waals surface area contributed by atoms with E-state index in [-0.39, 0.29) is 11.3 Å². The lowest BCUT2D eigenvalue weighted by atomic mass is 9.87. The lowest BCUT2D eigenvalue weighted by Crippen LogP contribution is -2.10. The van der Waals surface area contributed by atoms with E-state index < -0.39 is 0 Å². The average molecular weight is 308 g/mol. The molecule has 0 aliphatic heterocycles. The van der Waals surface area contributed by atoms with Crippen LogP contribution in [0, 0.1) is 0 Å². The topological polar surface area (TPSA) is 55.1 Å². The van der Waals surface area contributed by atoms with Crippen molar-refractivity contribution in [2.24, 2.45) is 0 Å². The number of aromatic nitrogens is 1. The summed E-state index contributed by atoms with van der Waals surface area (Å²) in [4.78, 5) is 15.7. The Labute approximate surface area is 135 Å². The zero-order valence-electron chi connectivity index (χ0n) is 13.8. The molecule has 0 fully saturated rings. The second-order valence-corrected chi connectivity index (χ2v) is 6.71. The summed E-state index contributed by atoms with van der Waals surface area (Å²) in [6, 6.07) is 13.7. The third-order valence-electron chi connectivity index (χ3n) is 3.71. The van der Waals surface area contributed by atoms with Gasteiger partial charge in [0, 0.05) is 18.2 Å². The molecular weight excluding hydrogens is 288 g/mol. The van der Waals surface area contributed by atoms with Crippen LogP contribution in [0.5, 0.6) is 0 Å². The van der Waals surface area contributed by atoms with Crippen molar-refractivity contribution in [3.63, 3.8) is 0 Å². The third kappa shape index (κ3) is 3.26. The molecule has 0 bridgehead atoms. The Morgan fingerprint density at radius 1 is 1.09 bits per heavy atom. The number of amides is 1. The Kier molecular flexibility index (Phi) is 3.68. The summed E-state index contributed by atoms with van der Waals surface area (Å²) in [5.41, 5.74) is 4.47. The minimum atomic E-state index is -0.106. The Hall–Kier alpha value is -2.62. The first kappa shape index (κ1) is 15.3. The number of benzene rings is 2. The minimum Gasteiger partial charge on any atom is -0.436 e. The van der Waals surface area contributed by atoms with Crippen molar-refractivity contribution < 1.29 is 9.21 Å². The van der Waals surface area contributed by atoms with Crippen molar-refractivity contribution in [1.29, 1.82) is 0 Å². The number of hydrogen-bond donors (Lipinski definition) is 1. The monoisotopic (exact) mass is 308 g/mol. The van der Waals surface area contributed by atoms with Gasteiger partial charge in [0.05, 0.1) is 0 Å². The van der Waals surface area contributed by atoms with Crippen molar-refractivity contribution in [2.45, 2.75) is 33.1 Å². The van der Waals surface area contributed by atoms with Crippen molar-refractivity contribution >= 4 is 22.7 Å². The molecule has 1 aromatic heterocycles. The first-order valence-corrected chi connectivity index (χ1v) is 7.62. The number of carbonyl (C=O) groups excluding carboxylic acids is 1. The second kappa shape index (κ2) is 5.54. The van der Waals surface area contributed by atoms with Crippen LogP contribution in [0.2, 0.25) is 0 Å². The molecule has 0 radical (unpaired) electrons. The highest BCUT2D eigenvalue weighted by atomic mass is 16.3. The van der Waals surface area contributed by atoms with Crippen LogP contribution >= 0.6 is 0 Å². The van der Waals surface area contributed by atoms with Crippen molar-refractivity contribution in [2.75, 3.05) is 5.32 Å². The van der Waals surface area contributed by atoms with Gasteiger partial charge in [0.1, 0.15) is 5.52 Å². The molecule has 0 spiro atoms. The summed E-state index contributed by atoms with van der Waals surface area (Å²) in [5, 5.41) is 2.75. The molecule has 118 valence electrons. The normalized spacial score (nSPS) is 11.7. The summed E-state index contributed by atoms with van der Waals surface area (Å²) < 4.78 is 5.82. The zero-order valence-corrected chi connectivity index (χ0v) is 13.8. The molecular formula is C19H20N2O2. The number of nitrogens with one attached hydrogen (secondary N) is 1. The van der Waals surface area contributed by atoms with Crippen LogP contribution in [0.4, 0.5) is 5.69 Å². The van der Waals surface area contributed by atoms with E-state index in [4.69, 9.17) is 4.42 Å². The SMILES string of the molecule is CC(=O)Nc1ccc2oc(-c3ccc(C(C)(C)C)cc3)nc2c1. The standard InChI is InChI=1S/C19H20N2O2/c1-12(22)20-15-9-10-17-16(11-15)21-18(23-17)13-5-7-14(8-6-13)19(2,3)4/h5-11H,1-4H3,(H,20,22). The maximum absolute atomic E-state index is 11.1. The molecule has 0 aliphatic rings. The summed E-state index contributed by atoms with van der Waals surface area (Å²) in [5.74, 6) is 0.478. The molecule has 0 unspecified atom stereocenters. The van der Waals surface area contributed by atoms with Gasteiger partial charge in [-0.1, -0.05) is 32.9 Å². The van der Waals surface area contributed by atoms with Gasteiger partial charge in [0.15, 0.2) is 5.58 Å². The van der Waals surface area contributed by atoms with Crippen LogP contribution in [0.25, 0.3) is 22.6 Å². The van der Waals surface area contributed by atoms with Gasteiger partial charge >= 0.3 is 0 Å². The lowest BCUT2D eigenvalue weighted by Gasteiger charge is -2.18. The summed E-state index contributed by atoms with van der Waals surface area (Å²) in [7, 11) is 0. The van der Waals surface area contributed by atoms with Gasteiger partial charge < -0.3 is 9.73 Å². The molecule has 1 amide bonds. The largest absolute Gasteiger partial charge is 0.436 e. The first-order chi connectivity index (χ1) is 10.8. The van der Waals surface area contributed by atoms with Gasteiger partial charge in [-0.15, -0.1) is 0 Å². The van der Waals surface area contributed by atoms with E-state index in [9.17, 15) is 4.79 Å². The molecule has 1 N–H and O–H groups in total. The summed E-state index contributed by atoms with van der Waals surface area (Å²) >= 11 is 0. The molecule has 0 aliphatic carbocycles. The van der Waals surface area contributed by atoms with E-state index in [1.165, 1.54) is 12.5 Å². The number of carbonyl (C=O) groups is 1. The predicted octanol–water partition coefficient (Wildman–Crippen LogP) is 4.75. The zero-order chi connectivity index (χ0) is 16.6. The van der Waals surface area contributed by atoms with E-state index in [0.29, 0.717) is 17.2 Å². The van der Waals surface area contributed by atoms with Gasteiger partial charge in [-0.3, -0.25) is 4.79 Å². The van der Waals surface area contributed by atoms with Gasteiger partial charge in [0.2, 0.25) is 11.8 Å². The van der Waals surface area contributed by atoms with Crippen molar-refractivity contribution in [1.82, 2.24) is 4.98 Å². The molecule has 0 saturated heterocycles. The van der Waals surface area contributed by atoms with E-state index >= 15 is 0 Å². The lowest BCUT2D eigenvalue weighted by molar-refractivity contribution is -0.114. The highest BCUT2D eigenvalue weighted by molar-refractivity contribution is 5.91. The molecule has 4 nitrogen and oxygen atoms in total. The molecule has 1 heterocycles. The third-order valence-corrected chi connectivity index (χ3v) is 3.71. The molecule has 2 aromatic carbocycles. The predicted molar refractivity (Wildman–Crippen MR) is 92.4 cm³/mol. The number of oxazole rings is 1. The van der Waals surface area contributed by atoms with Crippen molar-refractivity contribution in [3.05, 3.63) is 48.0 Å². The highest BCUT2D eigenvalue weighted by Gasteiger charge is 2.14. The Morgan fingerprint density at radius 3 is 2.39 bits per heavy atom. The van der Waals surface area contributed by atoms with E-state index in [0.717, 1.165) is 11.1 Å². The fraction of sp³-hybridized carbons (Fsp3) is 0.263. The Bertz CT molecular complexity index is 855. The molecule has 0 atom stereocenters. The quantitative estimate of drug-likeness (QED) is 0.743. The first-order valence-electron chi connectivity index (χ1n) is 7.62. The van der Waals surface area contributed by atoms with Crippen LogP contribution in [-0.2, 0) is 10.2 Å². The van der Waals surface area contributed by atoms with E-state index in [1.54, 1.807) is 6.07 Å². The van der Waals surface area contributed by atoms with Gasteiger partial charge in [-0.25, -0.2) is 4.98 Å². The van der Waals surface area contributed by atoms with E-state index in [1.807, 2.05) is 24.3 Å². The van der Waals surface area contributed by atoms with E-state index in [2.05, 4.69) is 43.2 Å². The van der Waals surface area contributed by atoms with Crippen LogP contribution in [0.3, 0.4) is 0 Å². The van der Waals surface area contributed by atoms with Gasteiger partial charge in [-0.2, -0.15) is 0 Å². The van der Waals surface area contributed by atoms with Gasteiger partial charge in [0.25, 0.3) is 0 Å². The molecule has 3 rings (SSSR count). The number of fused-ring (bicyclic) bond motifs is 1. The highest BCUT2D eigenvalue weighted by Crippen LogP contribution is 2.28. The average Bonchev–Trinajstić information content (AvgIpc) is 2.89. The number of rotatable bonds is 2. The van der Waals surface area contributed by atoms with Crippen molar-refractivity contribution in [3.8, 4) is 11.5 Å². The van der Waals surface area contributed by atoms with Crippen LogP contribution in [-0.4, -0.2) is 10.9 Å². The molecule has 0 saturated carbocycles. The fourth-order valence-electron chi connectivity index (χ4n) is 2.44. The minimum absolute atomic E-state index is 0.106. The number of anilines is 1. The maximum atomic E-state index is 11.1. The smallest absolute Gasteiger partial charge is 0.227 e. The summed E-state index contributed by atoms with van der Waals surface area (Å²) in [6.45, 7) is 8.04. The Balaban J connectivity index is 1.95. The van der Waals surface area contributed by atoms with Gasteiger partial charge in [-0.05, 0) is 41.3 Å². The van der Waals surface area contributed by atoms with Crippen LogP contribution < -0.4 is 5.32 Å². The summed E-state index contributed by atoms with van der Waals surface area (Å²) in [6.07, 6.45) is 0. The molecule has 4 heteroatoms. The van der Waals surface area contributed by atoms with Crippen LogP contribution in [0.15, 0.2) is 46.9 Å². The molecule has 3 aromatic rings.